The van der Waals surface area contributed by atoms with Crippen LogP contribution in [0.4, 0.5) is 0 Å². The Morgan fingerprint density at radius 2 is 0.614 bits per heavy atom. The first-order chi connectivity index (χ1) is 21.5. The third-order valence-corrected chi connectivity index (χ3v) is 15.8. The summed E-state index contributed by atoms with van der Waals surface area (Å²) in [4.78, 5) is 35.2. The Bertz CT molecular complexity index is 936. The fourth-order valence-corrected chi connectivity index (χ4v) is 14.9. The van der Waals surface area contributed by atoms with Crippen LogP contribution in [-0.2, 0) is 9.59 Å². The first-order valence-electron chi connectivity index (χ1n) is 20.1. The summed E-state index contributed by atoms with van der Waals surface area (Å²) in [6.07, 6.45) is 33.1. The normalized spacial score (nSPS) is 46.7. The Balaban J connectivity index is 0.955. The molecule has 0 N–H and O–H groups in total. The molecule has 0 saturated heterocycles. The van der Waals surface area contributed by atoms with Gasteiger partial charge in [-0.1, -0.05) is 38.5 Å². The number of rotatable bonds is 6. The lowest BCUT2D eigenvalue weighted by Crippen LogP contribution is -2.61. The van der Waals surface area contributed by atoms with Crippen molar-refractivity contribution in [3.63, 3.8) is 0 Å². The highest BCUT2D eigenvalue weighted by Crippen LogP contribution is 2.62. The Labute approximate surface area is 268 Å². The van der Waals surface area contributed by atoms with Crippen LogP contribution in [0.2, 0.25) is 0 Å². The van der Waals surface area contributed by atoms with E-state index in [4.69, 9.17) is 0 Å². The third kappa shape index (κ3) is 4.94. The van der Waals surface area contributed by atoms with Gasteiger partial charge in [0.25, 0.3) is 0 Å². The van der Waals surface area contributed by atoms with Crippen LogP contribution in [0.5, 0.6) is 0 Å². The first-order valence-corrected chi connectivity index (χ1v) is 20.1. The van der Waals surface area contributed by atoms with E-state index in [-0.39, 0.29) is 10.8 Å². The van der Waals surface area contributed by atoms with Crippen LogP contribution < -0.4 is 0 Å². The summed E-state index contributed by atoms with van der Waals surface area (Å²) in [6, 6.07) is 1.79. The molecule has 11 aliphatic rings. The van der Waals surface area contributed by atoms with Crippen molar-refractivity contribution in [1.29, 1.82) is 0 Å². The second-order valence-electron chi connectivity index (χ2n) is 18.9. The number of carbonyl (C=O) groups is 2. The van der Waals surface area contributed by atoms with E-state index in [1.54, 1.807) is 0 Å². The maximum absolute atomic E-state index is 15.0. The van der Waals surface area contributed by atoms with Crippen LogP contribution in [0.15, 0.2) is 0 Å². The lowest BCUT2D eigenvalue weighted by Gasteiger charge is -2.59. The summed E-state index contributed by atoms with van der Waals surface area (Å²) >= 11 is 0. The average Bonchev–Trinajstić information content (AvgIpc) is 3.02. The summed E-state index contributed by atoms with van der Waals surface area (Å²) < 4.78 is 0. The number of hydrogen-bond acceptors (Lipinski definition) is 2. The number of hydrogen-bond donors (Lipinski definition) is 0. The van der Waals surface area contributed by atoms with Gasteiger partial charge in [0.15, 0.2) is 0 Å². The number of amides is 2. The molecule has 0 heterocycles. The van der Waals surface area contributed by atoms with Crippen molar-refractivity contribution >= 4 is 11.8 Å². The molecule has 11 aliphatic carbocycles. The average molecular weight is 603 g/mol. The molecule has 0 atom stereocenters. The predicted molar refractivity (Wildman–Crippen MR) is 175 cm³/mol. The Morgan fingerprint density at radius 3 is 0.886 bits per heavy atom. The minimum absolute atomic E-state index is 0.0222. The molecular formula is C40H62N2O2. The molecule has 0 aromatic carbocycles. The van der Waals surface area contributed by atoms with Gasteiger partial charge in [-0.25, -0.2) is 0 Å². The molecule has 11 fully saturated rings. The van der Waals surface area contributed by atoms with Crippen LogP contribution in [0.1, 0.15) is 167 Å². The zero-order valence-corrected chi connectivity index (χ0v) is 27.9. The molecule has 2 amide bonds. The van der Waals surface area contributed by atoms with Gasteiger partial charge in [-0.15, -0.1) is 0 Å². The molecule has 8 bridgehead atoms. The molecular weight excluding hydrogens is 540 g/mol. The van der Waals surface area contributed by atoms with Gasteiger partial charge >= 0.3 is 0 Å². The topological polar surface area (TPSA) is 40.6 Å². The van der Waals surface area contributed by atoms with E-state index in [9.17, 15) is 9.59 Å². The number of nitrogens with zero attached hydrogens (tertiary/aromatic N) is 2. The second kappa shape index (κ2) is 11.3. The van der Waals surface area contributed by atoms with Gasteiger partial charge in [-0.2, -0.15) is 0 Å². The first kappa shape index (κ1) is 29.1. The van der Waals surface area contributed by atoms with Gasteiger partial charge in [0, 0.05) is 24.2 Å². The van der Waals surface area contributed by atoms with E-state index in [0.717, 1.165) is 61.2 Å². The van der Waals surface area contributed by atoms with Gasteiger partial charge < -0.3 is 9.80 Å². The van der Waals surface area contributed by atoms with E-state index >= 15 is 0 Å². The second-order valence-corrected chi connectivity index (χ2v) is 18.9. The highest BCUT2D eigenvalue weighted by atomic mass is 16.2. The maximum Gasteiger partial charge on any atom is 0.229 e. The maximum atomic E-state index is 15.0. The molecule has 0 aromatic heterocycles. The van der Waals surface area contributed by atoms with Crippen molar-refractivity contribution in [3.05, 3.63) is 0 Å². The van der Waals surface area contributed by atoms with E-state index < -0.39 is 0 Å². The van der Waals surface area contributed by atoms with Gasteiger partial charge in [0.2, 0.25) is 11.8 Å². The highest BCUT2D eigenvalue weighted by Gasteiger charge is 2.59. The molecule has 0 aliphatic heterocycles. The Kier molecular flexibility index (Phi) is 7.46. The van der Waals surface area contributed by atoms with Gasteiger partial charge in [0.05, 0.1) is 10.8 Å². The van der Waals surface area contributed by atoms with Gasteiger partial charge in [-0.3, -0.25) is 9.59 Å². The summed E-state index contributed by atoms with van der Waals surface area (Å²) in [5.74, 6) is 6.19. The lowest BCUT2D eigenvalue weighted by molar-refractivity contribution is -0.168. The predicted octanol–water partition coefficient (Wildman–Crippen LogP) is 9.05. The molecule has 44 heavy (non-hydrogen) atoms. The molecule has 0 aromatic rings. The zero-order chi connectivity index (χ0) is 29.5. The number of carbonyl (C=O) groups excluding carboxylic acids is 2. The zero-order valence-electron chi connectivity index (χ0n) is 27.9. The third-order valence-electron chi connectivity index (χ3n) is 15.8. The van der Waals surface area contributed by atoms with Crippen molar-refractivity contribution in [2.24, 2.45) is 46.3 Å². The van der Waals surface area contributed by atoms with Crippen LogP contribution in [-0.4, -0.2) is 45.8 Å². The molecule has 0 spiro atoms. The fraction of sp³-hybridized carbons (Fsp3) is 0.950. The van der Waals surface area contributed by atoms with Crippen LogP contribution >= 0.6 is 0 Å². The fourth-order valence-electron chi connectivity index (χ4n) is 14.9. The molecule has 11 rings (SSSR count). The molecule has 0 unspecified atom stereocenters. The summed E-state index contributed by atoms with van der Waals surface area (Å²) in [5, 5.41) is 0. The monoisotopic (exact) mass is 602 g/mol. The minimum Gasteiger partial charge on any atom is -0.336 e. The lowest BCUT2D eigenvalue weighted by atomic mass is 9.49. The largest absolute Gasteiger partial charge is 0.336 e. The van der Waals surface area contributed by atoms with E-state index in [0.29, 0.717) is 36.0 Å². The molecule has 4 heteroatoms. The molecule has 11 saturated carbocycles. The Hall–Kier alpha value is -1.06. The smallest absolute Gasteiger partial charge is 0.229 e. The van der Waals surface area contributed by atoms with Gasteiger partial charge in [0.1, 0.15) is 0 Å². The van der Waals surface area contributed by atoms with Crippen molar-refractivity contribution in [2.45, 2.75) is 191 Å². The van der Waals surface area contributed by atoms with Crippen molar-refractivity contribution in [1.82, 2.24) is 9.80 Å². The summed E-state index contributed by atoms with van der Waals surface area (Å²) in [6.45, 7) is 0. The molecule has 0 radical (unpaired) electrons. The summed E-state index contributed by atoms with van der Waals surface area (Å²) in [5.41, 5.74) is -0.0443. The van der Waals surface area contributed by atoms with E-state index in [1.807, 2.05) is 0 Å². The van der Waals surface area contributed by atoms with Crippen LogP contribution in [0, 0.1) is 46.3 Å². The van der Waals surface area contributed by atoms with Crippen LogP contribution in [0.25, 0.3) is 0 Å². The van der Waals surface area contributed by atoms with Crippen molar-refractivity contribution < 1.29 is 9.59 Å². The van der Waals surface area contributed by atoms with Crippen molar-refractivity contribution in [3.8, 4) is 0 Å². The highest BCUT2D eigenvalue weighted by molar-refractivity contribution is 5.85. The molecule has 244 valence electrons. The van der Waals surface area contributed by atoms with Crippen LogP contribution in [0.3, 0.4) is 0 Å². The molecule has 4 nitrogen and oxygen atoms in total. The summed E-state index contributed by atoms with van der Waals surface area (Å²) in [7, 11) is 0. The Morgan fingerprint density at radius 1 is 0.364 bits per heavy atom. The quantitative estimate of drug-likeness (QED) is 0.304. The van der Waals surface area contributed by atoms with Gasteiger partial charge in [-0.05, 0) is 164 Å². The standard InChI is InChI=1S/C40H62N2O2/c43-37(39-21-27-15-28(22-39)17-29(16-27)23-39)41(33-7-3-1-4-8-33)35-11-13-36(14-12-35)42(34-9-5-2-6-10-34)38(44)40-24-30-18-31(25-40)20-32(19-30)26-40/h27-36H,1-26H2. The van der Waals surface area contributed by atoms with Crippen molar-refractivity contribution in [2.75, 3.05) is 0 Å². The van der Waals surface area contributed by atoms with E-state index in [2.05, 4.69) is 9.80 Å². The minimum atomic E-state index is -0.0222. The SMILES string of the molecule is O=C(N(C1CCCCC1)C1CCC(N(C(=O)C23CC4CC(CC(C4)C2)C3)C2CCCCC2)CC1)C12CC3CC(CC(C3)C1)C2. The van der Waals surface area contributed by atoms with E-state index in [1.165, 1.54) is 141 Å².